The van der Waals surface area contributed by atoms with E-state index in [1.54, 1.807) is 0 Å². The number of carbonyl (C=O) groups is 1. The quantitative estimate of drug-likeness (QED) is 0.814. The molecule has 0 aliphatic rings. The normalized spacial score (nSPS) is 13.1. The Morgan fingerprint density at radius 1 is 1.59 bits per heavy atom. The molecule has 1 aromatic rings. The van der Waals surface area contributed by atoms with E-state index >= 15 is 0 Å². The molecule has 5 nitrogen and oxygen atoms in total. The van der Waals surface area contributed by atoms with Crippen molar-refractivity contribution in [3.8, 4) is 0 Å². The van der Waals surface area contributed by atoms with Gasteiger partial charge in [0.05, 0.1) is 6.20 Å². The molecule has 1 rings (SSSR count). The highest BCUT2D eigenvalue weighted by Gasteiger charge is 2.16. The van der Waals surface area contributed by atoms with Gasteiger partial charge in [-0.25, -0.2) is 9.78 Å². The molecule has 0 spiro atoms. The predicted octanol–water partition coefficient (Wildman–Crippen LogP) is 1.84. The van der Waals surface area contributed by atoms with Crippen LogP contribution in [-0.4, -0.2) is 47.6 Å². The van der Waals surface area contributed by atoms with E-state index in [0.29, 0.717) is 11.0 Å². The monoisotopic (exact) mass is 257 g/mol. The number of nitrogens with zero attached hydrogens (tertiary/aromatic N) is 2. The van der Waals surface area contributed by atoms with Gasteiger partial charge in [-0.15, -0.1) is 0 Å². The summed E-state index contributed by atoms with van der Waals surface area (Å²) in [5.74, 6) is -0.473. The molecule has 2 N–H and O–H groups in total. The third-order valence-electron chi connectivity index (χ3n) is 2.39. The van der Waals surface area contributed by atoms with Crippen LogP contribution in [0.4, 0.5) is 5.13 Å². The molecular formula is C11H19N3O2S. The summed E-state index contributed by atoms with van der Waals surface area (Å²) in [4.78, 5) is 17.2. The summed E-state index contributed by atoms with van der Waals surface area (Å²) in [5.41, 5.74) is 0. The van der Waals surface area contributed by atoms with Gasteiger partial charge in [0.15, 0.2) is 5.13 Å². The lowest BCUT2D eigenvalue weighted by molar-refractivity contribution is 0.0702. The molecule has 6 heteroatoms. The molecule has 0 bridgehead atoms. The average molecular weight is 257 g/mol. The molecule has 0 aromatic carbocycles. The summed E-state index contributed by atoms with van der Waals surface area (Å²) in [6.45, 7) is 5.15. The van der Waals surface area contributed by atoms with E-state index in [-0.39, 0.29) is 10.9 Å². The maximum atomic E-state index is 10.7. The molecule has 17 heavy (non-hydrogen) atoms. The number of hydrogen-bond acceptors (Lipinski definition) is 5. The lowest BCUT2D eigenvalue weighted by Crippen LogP contribution is -2.36. The smallest absolute Gasteiger partial charge is 0.347 e. The van der Waals surface area contributed by atoms with Crippen LogP contribution < -0.4 is 5.32 Å². The molecule has 1 heterocycles. The number of rotatable bonds is 6. The first-order valence-corrected chi connectivity index (χ1v) is 6.32. The van der Waals surface area contributed by atoms with Crippen molar-refractivity contribution in [2.75, 3.05) is 26.0 Å². The van der Waals surface area contributed by atoms with Crippen molar-refractivity contribution in [2.45, 2.75) is 19.9 Å². The van der Waals surface area contributed by atoms with Gasteiger partial charge in [-0.1, -0.05) is 25.2 Å². The zero-order chi connectivity index (χ0) is 13.0. The first kappa shape index (κ1) is 13.9. The van der Waals surface area contributed by atoms with Crippen LogP contribution in [0.25, 0.3) is 0 Å². The SMILES string of the molecule is CC(C)C(CN(C)C)Nc1ncc(C(=O)O)s1. The summed E-state index contributed by atoms with van der Waals surface area (Å²) in [5, 5.41) is 12.8. The Balaban J connectivity index is 2.68. The molecule has 1 aromatic heterocycles. The third kappa shape index (κ3) is 4.32. The van der Waals surface area contributed by atoms with Gasteiger partial charge in [-0.05, 0) is 20.0 Å². The largest absolute Gasteiger partial charge is 0.477 e. The van der Waals surface area contributed by atoms with E-state index in [4.69, 9.17) is 5.11 Å². The van der Waals surface area contributed by atoms with Crippen LogP contribution in [0.15, 0.2) is 6.20 Å². The minimum atomic E-state index is -0.927. The van der Waals surface area contributed by atoms with Gasteiger partial charge in [0.2, 0.25) is 0 Å². The highest BCUT2D eigenvalue weighted by Crippen LogP contribution is 2.20. The number of likely N-dealkylation sites (N-methyl/N-ethyl adjacent to an activating group) is 1. The fourth-order valence-electron chi connectivity index (χ4n) is 1.41. The fourth-order valence-corrected chi connectivity index (χ4v) is 2.13. The van der Waals surface area contributed by atoms with Crippen LogP contribution in [0.2, 0.25) is 0 Å². The Bertz CT molecular complexity index is 377. The predicted molar refractivity (Wildman–Crippen MR) is 69.9 cm³/mol. The van der Waals surface area contributed by atoms with Gasteiger partial charge in [-0.2, -0.15) is 0 Å². The first-order valence-electron chi connectivity index (χ1n) is 5.50. The number of aromatic carboxylic acids is 1. The summed E-state index contributed by atoms with van der Waals surface area (Å²) in [6, 6.07) is 0.262. The van der Waals surface area contributed by atoms with Gasteiger partial charge in [0, 0.05) is 12.6 Å². The minimum absolute atomic E-state index is 0.262. The Kier molecular flexibility index (Phi) is 4.89. The number of aromatic nitrogens is 1. The molecule has 0 fully saturated rings. The number of carboxylic acid groups (broad SMARTS) is 1. The number of carboxylic acids is 1. The maximum Gasteiger partial charge on any atom is 0.347 e. The van der Waals surface area contributed by atoms with Crippen LogP contribution in [-0.2, 0) is 0 Å². The summed E-state index contributed by atoms with van der Waals surface area (Å²) in [6.07, 6.45) is 1.39. The number of nitrogens with one attached hydrogen (secondary N) is 1. The highest BCUT2D eigenvalue weighted by molar-refractivity contribution is 7.17. The van der Waals surface area contributed by atoms with E-state index in [2.05, 4.69) is 29.0 Å². The van der Waals surface area contributed by atoms with Crippen molar-refractivity contribution in [1.29, 1.82) is 0 Å². The van der Waals surface area contributed by atoms with Crippen LogP contribution in [0.5, 0.6) is 0 Å². The van der Waals surface area contributed by atoms with Crippen LogP contribution in [0.1, 0.15) is 23.5 Å². The van der Waals surface area contributed by atoms with E-state index < -0.39 is 5.97 Å². The molecule has 96 valence electrons. The zero-order valence-corrected chi connectivity index (χ0v) is 11.4. The Morgan fingerprint density at radius 2 is 2.24 bits per heavy atom. The molecule has 1 unspecified atom stereocenters. The van der Waals surface area contributed by atoms with Gasteiger partial charge in [0.25, 0.3) is 0 Å². The number of thiazole rings is 1. The van der Waals surface area contributed by atoms with Crippen molar-refractivity contribution < 1.29 is 9.90 Å². The molecule has 1 atom stereocenters. The Morgan fingerprint density at radius 3 is 2.65 bits per heavy atom. The molecule has 0 saturated heterocycles. The Labute approximate surface area is 105 Å². The second-order valence-electron chi connectivity index (χ2n) is 4.59. The molecule has 0 radical (unpaired) electrons. The van der Waals surface area contributed by atoms with Crippen molar-refractivity contribution >= 4 is 22.4 Å². The second kappa shape index (κ2) is 5.97. The summed E-state index contributed by atoms with van der Waals surface area (Å²) < 4.78 is 0. The molecule has 0 saturated carbocycles. The van der Waals surface area contributed by atoms with Crippen LogP contribution in [0.3, 0.4) is 0 Å². The standard InChI is InChI=1S/C11H19N3O2S/c1-7(2)8(6-14(3)4)13-11-12-5-9(17-11)10(15)16/h5,7-8H,6H2,1-4H3,(H,12,13)(H,15,16). The van der Waals surface area contributed by atoms with Gasteiger partial charge in [0.1, 0.15) is 4.88 Å². The van der Waals surface area contributed by atoms with E-state index in [0.717, 1.165) is 6.54 Å². The lowest BCUT2D eigenvalue weighted by Gasteiger charge is -2.25. The highest BCUT2D eigenvalue weighted by atomic mass is 32.1. The summed E-state index contributed by atoms with van der Waals surface area (Å²) >= 11 is 1.17. The van der Waals surface area contributed by atoms with Crippen molar-refractivity contribution in [3.63, 3.8) is 0 Å². The fraction of sp³-hybridized carbons (Fsp3) is 0.636. The maximum absolute atomic E-state index is 10.7. The second-order valence-corrected chi connectivity index (χ2v) is 5.62. The van der Waals surface area contributed by atoms with E-state index in [1.165, 1.54) is 17.5 Å². The first-order chi connectivity index (χ1) is 7.90. The molecule has 0 aliphatic heterocycles. The van der Waals surface area contributed by atoms with E-state index in [1.807, 2.05) is 14.1 Å². The number of anilines is 1. The van der Waals surface area contributed by atoms with Crippen LogP contribution in [0, 0.1) is 5.92 Å². The number of hydrogen-bond donors (Lipinski definition) is 2. The molecular weight excluding hydrogens is 238 g/mol. The van der Waals surface area contributed by atoms with E-state index in [9.17, 15) is 4.79 Å². The minimum Gasteiger partial charge on any atom is -0.477 e. The van der Waals surface area contributed by atoms with Crippen LogP contribution >= 0.6 is 11.3 Å². The molecule has 0 aliphatic carbocycles. The Hall–Kier alpha value is -1.14. The van der Waals surface area contributed by atoms with Crippen molar-refractivity contribution in [3.05, 3.63) is 11.1 Å². The topological polar surface area (TPSA) is 65.5 Å². The average Bonchev–Trinajstić information content (AvgIpc) is 2.64. The lowest BCUT2D eigenvalue weighted by atomic mass is 10.0. The zero-order valence-electron chi connectivity index (χ0n) is 10.6. The third-order valence-corrected chi connectivity index (χ3v) is 3.31. The van der Waals surface area contributed by atoms with Gasteiger partial charge in [-0.3, -0.25) is 0 Å². The van der Waals surface area contributed by atoms with Gasteiger partial charge >= 0.3 is 5.97 Å². The summed E-state index contributed by atoms with van der Waals surface area (Å²) in [7, 11) is 4.03. The molecule has 0 amide bonds. The van der Waals surface area contributed by atoms with Crippen molar-refractivity contribution in [1.82, 2.24) is 9.88 Å². The van der Waals surface area contributed by atoms with Crippen molar-refractivity contribution in [2.24, 2.45) is 5.92 Å². The van der Waals surface area contributed by atoms with Gasteiger partial charge < -0.3 is 15.3 Å².